The standard InChI is InChI=1S/C46H40GeN4O2/c1-26(2)36-24-37-32-21-17-29(28-15-18-30(19-16-28)47(5,6)7)23-40(32)52-44(37)41(27(3)4)42(36)51-39-14-9-8-13-38(39)50-45(51)35-12-10-11-33-34-22-20-31(25-48)49-46(34)53-43(33)35/h8-24,26-27H,1-7H3. The molecule has 6 nitrogen and oxygen atoms in total. The van der Waals surface area contributed by atoms with E-state index in [1.54, 1.807) is 6.07 Å². The van der Waals surface area contributed by atoms with Crippen LogP contribution in [-0.4, -0.2) is 27.8 Å². The zero-order valence-electron chi connectivity index (χ0n) is 31.1. The van der Waals surface area contributed by atoms with Crippen molar-refractivity contribution in [1.29, 1.82) is 5.26 Å². The van der Waals surface area contributed by atoms with E-state index in [9.17, 15) is 5.26 Å². The minimum Gasteiger partial charge on any atom is -0.437 e. The van der Waals surface area contributed by atoms with E-state index in [4.69, 9.17) is 13.8 Å². The summed E-state index contributed by atoms with van der Waals surface area (Å²) in [5.74, 6) is 8.40. The summed E-state index contributed by atoms with van der Waals surface area (Å²) in [6.45, 7) is 9.02. The molecular formula is C46H40GeN4O2. The molecule has 9 rings (SSSR count). The molecule has 4 aromatic heterocycles. The van der Waals surface area contributed by atoms with Crippen LogP contribution in [0.4, 0.5) is 0 Å². The first kappa shape index (κ1) is 33.2. The van der Waals surface area contributed by atoms with Gasteiger partial charge in [-0.25, -0.2) is 9.97 Å². The molecule has 0 aliphatic rings. The summed E-state index contributed by atoms with van der Waals surface area (Å²) < 4.78 is 17.3. The zero-order chi connectivity index (χ0) is 36.8. The van der Waals surface area contributed by atoms with Gasteiger partial charge in [0.1, 0.15) is 23.2 Å². The van der Waals surface area contributed by atoms with E-state index in [-0.39, 0.29) is 11.8 Å². The third kappa shape index (κ3) is 5.28. The maximum absolute atomic E-state index is 9.54. The first-order chi connectivity index (χ1) is 25.5. The van der Waals surface area contributed by atoms with E-state index in [0.717, 1.165) is 71.9 Å². The molecule has 0 saturated heterocycles. The van der Waals surface area contributed by atoms with Crippen molar-refractivity contribution in [2.24, 2.45) is 0 Å². The number of fused-ring (bicyclic) bond motifs is 7. The number of aromatic nitrogens is 3. The molecule has 0 spiro atoms. The molecule has 260 valence electrons. The molecule has 0 unspecified atom stereocenters. The molecule has 4 heterocycles. The second-order valence-electron chi connectivity index (χ2n) is 15.8. The fraction of sp³-hybridized carbons (Fsp3) is 0.196. The van der Waals surface area contributed by atoms with Crippen LogP contribution in [0.5, 0.6) is 0 Å². The van der Waals surface area contributed by atoms with E-state index >= 15 is 0 Å². The minimum absolute atomic E-state index is 0.131. The third-order valence-corrected chi connectivity index (χ3v) is 14.9. The fourth-order valence-corrected chi connectivity index (χ4v) is 10.3. The Kier molecular flexibility index (Phi) is 7.65. The van der Waals surface area contributed by atoms with Crippen LogP contribution in [-0.2, 0) is 0 Å². The number of hydrogen-bond donors (Lipinski definition) is 0. The van der Waals surface area contributed by atoms with Crippen LogP contribution in [0.1, 0.15) is 56.4 Å². The van der Waals surface area contributed by atoms with Crippen molar-refractivity contribution < 1.29 is 8.83 Å². The molecule has 5 aromatic carbocycles. The van der Waals surface area contributed by atoms with E-state index in [0.29, 0.717) is 17.0 Å². The third-order valence-electron chi connectivity index (χ3n) is 10.6. The Hall–Kier alpha value is -5.65. The quantitative estimate of drug-likeness (QED) is 0.158. The number of furan rings is 2. The van der Waals surface area contributed by atoms with Gasteiger partial charge in [0, 0.05) is 10.8 Å². The first-order valence-electron chi connectivity index (χ1n) is 18.4. The average molecular weight is 753 g/mol. The van der Waals surface area contributed by atoms with Crippen molar-refractivity contribution in [2.75, 3.05) is 0 Å². The number of para-hydroxylation sites is 3. The Morgan fingerprint density at radius 2 is 1.43 bits per heavy atom. The van der Waals surface area contributed by atoms with Gasteiger partial charge in [0.2, 0.25) is 5.71 Å². The Labute approximate surface area is 311 Å². The van der Waals surface area contributed by atoms with Crippen molar-refractivity contribution >= 4 is 72.7 Å². The van der Waals surface area contributed by atoms with Gasteiger partial charge in [-0.15, -0.1) is 0 Å². The van der Waals surface area contributed by atoms with Gasteiger partial charge < -0.3 is 4.42 Å². The predicted molar refractivity (Wildman–Crippen MR) is 220 cm³/mol. The second-order valence-corrected chi connectivity index (χ2v) is 26.4. The van der Waals surface area contributed by atoms with Gasteiger partial charge >= 0.3 is 168 Å². The summed E-state index contributed by atoms with van der Waals surface area (Å²) in [6.07, 6.45) is 0. The summed E-state index contributed by atoms with van der Waals surface area (Å²) in [4.78, 5) is 9.80. The zero-order valence-corrected chi connectivity index (χ0v) is 33.2. The Balaban J connectivity index is 1.32. The van der Waals surface area contributed by atoms with E-state index < -0.39 is 13.3 Å². The minimum atomic E-state index is -1.92. The SMILES string of the molecule is CC(C)c1cc2c(oc3cc(-c4cc[c]([Ge]([CH3])([CH3])[CH3])cc4)ccc32)c(C(C)C)c1-n1c(-c2cccc3c2oc2nc(C#N)ccc23)nc2ccccc21. The van der Waals surface area contributed by atoms with Gasteiger partial charge in [0.25, 0.3) is 0 Å². The van der Waals surface area contributed by atoms with E-state index in [2.05, 4.69) is 133 Å². The van der Waals surface area contributed by atoms with Crippen LogP contribution < -0.4 is 4.40 Å². The number of nitriles is 1. The molecule has 0 aliphatic heterocycles. The van der Waals surface area contributed by atoms with Crippen molar-refractivity contribution in [3.05, 3.63) is 120 Å². The number of benzene rings is 5. The van der Waals surface area contributed by atoms with Gasteiger partial charge in [-0.3, -0.25) is 0 Å². The van der Waals surface area contributed by atoms with Crippen molar-refractivity contribution in [3.8, 4) is 34.3 Å². The van der Waals surface area contributed by atoms with Gasteiger partial charge in [0.15, 0.2) is 0 Å². The number of hydrogen-bond acceptors (Lipinski definition) is 5. The van der Waals surface area contributed by atoms with Crippen LogP contribution in [0.3, 0.4) is 0 Å². The van der Waals surface area contributed by atoms with E-state index in [1.165, 1.54) is 15.5 Å². The van der Waals surface area contributed by atoms with Crippen LogP contribution in [0.15, 0.2) is 112 Å². The molecule has 0 N–H and O–H groups in total. The number of rotatable bonds is 6. The first-order valence-corrected chi connectivity index (χ1v) is 25.7. The Morgan fingerprint density at radius 3 is 2.17 bits per heavy atom. The number of nitrogens with zero attached hydrogens (tertiary/aromatic N) is 4. The van der Waals surface area contributed by atoms with E-state index in [1.807, 2.05) is 24.3 Å². The van der Waals surface area contributed by atoms with Gasteiger partial charge in [-0.05, 0) is 30.3 Å². The molecule has 7 heteroatoms. The number of imidazole rings is 1. The smallest absolute Gasteiger partial charge is 0.437 e. The van der Waals surface area contributed by atoms with Crippen molar-refractivity contribution in [3.63, 3.8) is 0 Å². The summed E-state index contributed by atoms with van der Waals surface area (Å²) in [5, 5.41) is 13.6. The molecule has 53 heavy (non-hydrogen) atoms. The maximum atomic E-state index is 9.54. The van der Waals surface area contributed by atoms with Crippen LogP contribution in [0, 0.1) is 11.3 Å². The fourth-order valence-electron chi connectivity index (χ4n) is 7.86. The molecule has 0 radical (unpaired) electrons. The normalized spacial score (nSPS) is 12.4. The molecule has 9 aromatic rings. The van der Waals surface area contributed by atoms with Gasteiger partial charge in [0.05, 0.1) is 16.6 Å². The molecule has 0 bridgehead atoms. The van der Waals surface area contributed by atoms with Gasteiger partial charge in [-0.1, -0.05) is 38.1 Å². The van der Waals surface area contributed by atoms with Crippen LogP contribution in [0.2, 0.25) is 17.3 Å². The predicted octanol–water partition coefficient (Wildman–Crippen LogP) is 12.2. The summed E-state index contributed by atoms with van der Waals surface area (Å²) in [5.41, 5.74) is 11.8. The van der Waals surface area contributed by atoms with Crippen molar-refractivity contribution in [1.82, 2.24) is 14.5 Å². The molecule has 0 atom stereocenters. The summed E-state index contributed by atoms with van der Waals surface area (Å²) in [7, 11) is 0. The Bertz CT molecular complexity index is 2950. The summed E-state index contributed by atoms with van der Waals surface area (Å²) >= 11 is -1.92. The van der Waals surface area contributed by atoms with Crippen LogP contribution >= 0.6 is 0 Å². The average Bonchev–Trinajstić information content (AvgIpc) is 3.83. The molecule has 0 fully saturated rings. The molecule has 0 aliphatic carbocycles. The molecular weight excluding hydrogens is 713 g/mol. The molecule has 0 saturated carbocycles. The van der Waals surface area contributed by atoms with Gasteiger partial charge in [-0.2, -0.15) is 5.26 Å². The topological polar surface area (TPSA) is 80.8 Å². The number of pyridine rings is 1. The second kappa shape index (κ2) is 12.2. The Morgan fingerprint density at radius 1 is 0.679 bits per heavy atom. The monoisotopic (exact) mass is 754 g/mol. The van der Waals surface area contributed by atoms with Crippen molar-refractivity contribution in [2.45, 2.75) is 56.8 Å². The molecule has 0 amide bonds. The summed E-state index contributed by atoms with van der Waals surface area (Å²) in [6, 6.07) is 38.4. The van der Waals surface area contributed by atoms with Crippen LogP contribution in [0.25, 0.3) is 83.2 Å².